The molecular formula is C8H13NO4S. The monoisotopic (exact) mass is 219 g/mol. The number of carboxylic acids is 1. The maximum atomic E-state index is 11.0. The van der Waals surface area contributed by atoms with Crippen LogP contribution < -0.4 is 5.32 Å². The molecule has 5 nitrogen and oxygen atoms in total. The number of rotatable bonds is 5. The minimum absolute atomic E-state index is 0.0518. The summed E-state index contributed by atoms with van der Waals surface area (Å²) in [5.41, 5.74) is 0. The van der Waals surface area contributed by atoms with Crippen LogP contribution in [0.15, 0.2) is 0 Å². The minimum Gasteiger partial charge on any atom is -0.480 e. The van der Waals surface area contributed by atoms with Crippen molar-refractivity contribution in [3.05, 3.63) is 0 Å². The van der Waals surface area contributed by atoms with E-state index in [2.05, 4.69) is 5.32 Å². The Morgan fingerprint density at radius 3 is 2.43 bits per heavy atom. The first-order chi connectivity index (χ1) is 6.43. The number of aliphatic carboxylic acids is 1. The second-order valence-electron chi connectivity index (χ2n) is 2.72. The van der Waals surface area contributed by atoms with E-state index >= 15 is 0 Å². The van der Waals surface area contributed by atoms with E-state index in [1.54, 1.807) is 0 Å². The highest BCUT2D eigenvalue weighted by molar-refractivity contribution is 8.13. The normalized spacial score (nSPS) is 11.9. The second-order valence-corrected chi connectivity index (χ2v) is 3.99. The van der Waals surface area contributed by atoms with Crippen LogP contribution in [0.1, 0.15) is 20.3 Å². The molecule has 0 aromatic carbocycles. The SMILES string of the molecule is CC(=O)SCCC(=O)N[C@@H](C)C(=O)O. The number of hydrogen-bond donors (Lipinski definition) is 2. The lowest BCUT2D eigenvalue weighted by Crippen LogP contribution is -2.38. The van der Waals surface area contributed by atoms with Crippen LogP contribution in [0.25, 0.3) is 0 Å². The zero-order valence-corrected chi connectivity index (χ0v) is 8.89. The number of thioether (sulfide) groups is 1. The Kier molecular flexibility index (Phi) is 5.94. The van der Waals surface area contributed by atoms with Crippen molar-refractivity contribution in [2.24, 2.45) is 0 Å². The predicted molar refractivity (Wildman–Crippen MR) is 53.0 cm³/mol. The molecule has 80 valence electrons. The van der Waals surface area contributed by atoms with Crippen LogP contribution in [0.3, 0.4) is 0 Å². The molecular weight excluding hydrogens is 206 g/mol. The number of nitrogens with one attached hydrogen (secondary N) is 1. The summed E-state index contributed by atoms with van der Waals surface area (Å²) in [5, 5.41) is 10.7. The van der Waals surface area contributed by atoms with Crippen molar-refractivity contribution in [3.63, 3.8) is 0 Å². The van der Waals surface area contributed by atoms with Crippen molar-refractivity contribution in [1.82, 2.24) is 5.32 Å². The largest absolute Gasteiger partial charge is 0.480 e. The zero-order valence-electron chi connectivity index (χ0n) is 8.07. The molecule has 0 rings (SSSR count). The number of amides is 1. The van der Waals surface area contributed by atoms with Crippen LogP contribution in [-0.2, 0) is 14.4 Å². The van der Waals surface area contributed by atoms with E-state index in [0.29, 0.717) is 5.75 Å². The summed E-state index contributed by atoms with van der Waals surface area (Å²) in [6, 6.07) is -0.884. The lowest BCUT2D eigenvalue weighted by molar-refractivity contribution is -0.141. The average Bonchev–Trinajstić information content (AvgIpc) is 2.02. The van der Waals surface area contributed by atoms with Crippen LogP contribution in [0.2, 0.25) is 0 Å². The highest BCUT2D eigenvalue weighted by atomic mass is 32.2. The molecule has 6 heteroatoms. The lowest BCUT2D eigenvalue weighted by atomic mass is 10.3. The molecule has 0 aromatic rings. The van der Waals surface area contributed by atoms with E-state index in [1.165, 1.54) is 13.8 Å². The Morgan fingerprint density at radius 1 is 1.43 bits per heavy atom. The van der Waals surface area contributed by atoms with Crippen molar-refractivity contribution in [2.45, 2.75) is 26.3 Å². The third kappa shape index (κ3) is 6.47. The van der Waals surface area contributed by atoms with Gasteiger partial charge in [-0.3, -0.25) is 14.4 Å². The van der Waals surface area contributed by atoms with Crippen LogP contribution in [0, 0.1) is 0 Å². The van der Waals surface area contributed by atoms with Crippen LogP contribution in [0.4, 0.5) is 0 Å². The number of carbonyl (C=O) groups is 3. The molecule has 14 heavy (non-hydrogen) atoms. The summed E-state index contributed by atoms with van der Waals surface area (Å²) in [5.74, 6) is -1.04. The molecule has 0 fully saturated rings. The van der Waals surface area contributed by atoms with Gasteiger partial charge in [-0.05, 0) is 6.92 Å². The van der Waals surface area contributed by atoms with Crippen LogP contribution in [-0.4, -0.2) is 33.9 Å². The first-order valence-corrected chi connectivity index (χ1v) is 5.07. The van der Waals surface area contributed by atoms with E-state index in [9.17, 15) is 14.4 Å². The standard InChI is InChI=1S/C8H13NO4S/c1-5(8(12)13)9-7(11)3-4-14-6(2)10/h5H,3-4H2,1-2H3,(H,9,11)(H,12,13)/t5-/m0/s1. The number of carbonyl (C=O) groups excluding carboxylic acids is 2. The summed E-state index contributed by atoms with van der Waals surface area (Å²) in [7, 11) is 0. The van der Waals surface area contributed by atoms with Gasteiger partial charge in [-0.25, -0.2) is 0 Å². The molecule has 0 aliphatic carbocycles. The zero-order chi connectivity index (χ0) is 11.1. The van der Waals surface area contributed by atoms with Gasteiger partial charge in [0.15, 0.2) is 5.12 Å². The van der Waals surface area contributed by atoms with Gasteiger partial charge in [-0.15, -0.1) is 0 Å². The fraction of sp³-hybridized carbons (Fsp3) is 0.625. The quantitative estimate of drug-likeness (QED) is 0.692. The van der Waals surface area contributed by atoms with Gasteiger partial charge in [0.25, 0.3) is 0 Å². The highest BCUT2D eigenvalue weighted by Crippen LogP contribution is 2.02. The van der Waals surface area contributed by atoms with Gasteiger partial charge in [-0.1, -0.05) is 11.8 Å². The maximum absolute atomic E-state index is 11.0. The molecule has 0 saturated carbocycles. The maximum Gasteiger partial charge on any atom is 0.325 e. The van der Waals surface area contributed by atoms with Crippen molar-refractivity contribution in [2.75, 3.05) is 5.75 Å². The van der Waals surface area contributed by atoms with Crippen molar-refractivity contribution in [1.29, 1.82) is 0 Å². The van der Waals surface area contributed by atoms with E-state index in [-0.39, 0.29) is 17.4 Å². The van der Waals surface area contributed by atoms with Gasteiger partial charge in [0.05, 0.1) is 0 Å². The molecule has 2 N–H and O–H groups in total. The average molecular weight is 219 g/mol. The van der Waals surface area contributed by atoms with Crippen molar-refractivity contribution >= 4 is 28.8 Å². The molecule has 1 atom stereocenters. The third-order valence-corrected chi connectivity index (χ3v) is 2.20. The van der Waals surface area contributed by atoms with E-state index in [4.69, 9.17) is 5.11 Å². The Hall–Kier alpha value is -1.04. The van der Waals surface area contributed by atoms with Gasteiger partial charge in [0, 0.05) is 19.1 Å². The topological polar surface area (TPSA) is 83.5 Å². The molecule has 0 aromatic heterocycles. The van der Waals surface area contributed by atoms with E-state index in [0.717, 1.165) is 11.8 Å². The Balaban J connectivity index is 3.65. The molecule has 0 radical (unpaired) electrons. The predicted octanol–water partition coefficient (Wildman–Crippen LogP) is 0.245. The summed E-state index contributed by atoms with van der Waals surface area (Å²) >= 11 is 1.05. The third-order valence-electron chi connectivity index (χ3n) is 1.38. The lowest BCUT2D eigenvalue weighted by Gasteiger charge is -2.08. The van der Waals surface area contributed by atoms with Crippen LogP contribution >= 0.6 is 11.8 Å². The Labute approximate surface area is 86.2 Å². The van der Waals surface area contributed by atoms with Gasteiger partial charge in [0.2, 0.25) is 5.91 Å². The van der Waals surface area contributed by atoms with Gasteiger partial charge in [0.1, 0.15) is 6.04 Å². The summed E-state index contributed by atoms with van der Waals surface area (Å²) in [4.78, 5) is 31.9. The van der Waals surface area contributed by atoms with Crippen molar-refractivity contribution in [3.8, 4) is 0 Å². The van der Waals surface area contributed by atoms with Crippen molar-refractivity contribution < 1.29 is 19.5 Å². The Bertz CT molecular complexity index is 241. The summed E-state index contributed by atoms with van der Waals surface area (Å²) in [6.07, 6.45) is 0.155. The van der Waals surface area contributed by atoms with Gasteiger partial charge >= 0.3 is 5.97 Å². The molecule has 0 unspecified atom stereocenters. The van der Waals surface area contributed by atoms with E-state index in [1.807, 2.05) is 0 Å². The summed E-state index contributed by atoms with van der Waals surface area (Å²) < 4.78 is 0. The second kappa shape index (κ2) is 6.42. The van der Waals surface area contributed by atoms with Gasteiger partial charge < -0.3 is 10.4 Å². The van der Waals surface area contributed by atoms with Crippen LogP contribution in [0.5, 0.6) is 0 Å². The number of hydrogen-bond acceptors (Lipinski definition) is 4. The smallest absolute Gasteiger partial charge is 0.325 e. The van der Waals surface area contributed by atoms with E-state index < -0.39 is 12.0 Å². The fourth-order valence-electron chi connectivity index (χ4n) is 0.663. The molecule has 0 spiro atoms. The highest BCUT2D eigenvalue weighted by Gasteiger charge is 2.13. The Morgan fingerprint density at radius 2 is 2.00 bits per heavy atom. The molecule has 0 aliphatic heterocycles. The molecule has 0 heterocycles. The molecule has 1 amide bonds. The first-order valence-electron chi connectivity index (χ1n) is 4.09. The summed E-state index contributed by atoms with van der Waals surface area (Å²) in [6.45, 7) is 2.81. The minimum atomic E-state index is -1.07. The fourth-order valence-corrected chi connectivity index (χ4v) is 1.24. The molecule has 0 saturated heterocycles. The number of carboxylic acid groups (broad SMARTS) is 1. The first kappa shape index (κ1) is 13.0. The molecule has 0 bridgehead atoms. The molecule has 0 aliphatic rings. The van der Waals surface area contributed by atoms with Gasteiger partial charge in [-0.2, -0.15) is 0 Å².